The highest BCUT2D eigenvalue weighted by Crippen LogP contribution is 2.25. The number of hydrogen-bond donors (Lipinski definition) is 0. The first-order valence-corrected chi connectivity index (χ1v) is 5.67. The minimum atomic E-state index is 0.350. The van der Waals surface area contributed by atoms with Gasteiger partial charge in [0.2, 0.25) is 5.88 Å². The molecule has 0 bridgehead atoms. The molecule has 2 aromatic heterocycles. The first-order valence-electron chi connectivity index (χ1n) is 5.67. The van der Waals surface area contributed by atoms with Gasteiger partial charge in [-0.05, 0) is 37.0 Å². The van der Waals surface area contributed by atoms with Crippen LogP contribution in [0.3, 0.4) is 0 Å². The van der Waals surface area contributed by atoms with Gasteiger partial charge in [0.15, 0.2) is 7.28 Å². The van der Waals surface area contributed by atoms with E-state index in [9.17, 15) is 0 Å². The smallest absolute Gasteiger partial charge is 0.241 e. The lowest BCUT2D eigenvalue weighted by molar-refractivity contribution is 0.116. The highest BCUT2D eigenvalue weighted by atomic mass is 16.5. The molecule has 2 heterocycles. The van der Waals surface area contributed by atoms with Crippen LogP contribution < -0.4 is 10.3 Å². The molecule has 1 aliphatic carbocycles. The van der Waals surface area contributed by atoms with E-state index in [2.05, 4.69) is 10.1 Å². The highest BCUT2D eigenvalue weighted by Gasteiger charge is 2.21. The Labute approximate surface area is 94.9 Å². The first-order chi connectivity index (χ1) is 7.88. The summed E-state index contributed by atoms with van der Waals surface area (Å²) in [5, 5.41) is 4.22. The summed E-state index contributed by atoms with van der Waals surface area (Å²) in [5.41, 5.74) is 2.01. The van der Waals surface area contributed by atoms with Crippen molar-refractivity contribution in [2.24, 2.45) is 0 Å². The Kier molecular flexibility index (Phi) is 2.31. The van der Waals surface area contributed by atoms with Crippen LogP contribution in [-0.2, 0) is 0 Å². The summed E-state index contributed by atoms with van der Waals surface area (Å²) in [6, 6.07) is 4.03. The fourth-order valence-corrected chi connectivity index (χ4v) is 1.89. The molecule has 3 rings (SSSR count). The maximum Gasteiger partial charge on any atom is 0.241 e. The van der Waals surface area contributed by atoms with Crippen molar-refractivity contribution < 1.29 is 4.74 Å². The Hall–Kier alpha value is -1.52. The van der Waals surface area contributed by atoms with Crippen molar-refractivity contribution in [1.82, 2.24) is 14.6 Å². The molecule has 0 aromatic carbocycles. The zero-order valence-corrected chi connectivity index (χ0v) is 9.26. The fraction of sp³-hybridized carbons (Fsp3) is 0.455. The van der Waals surface area contributed by atoms with Crippen molar-refractivity contribution >= 4 is 18.4 Å². The lowest BCUT2D eigenvalue weighted by atomic mass is 9.78. The van der Waals surface area contributed by atoms with Gasteiger partial charge < -0.3 is 4.74 Å². The van der Waals surface area contributed by atoms with Gasteiger partial charge in [0, 0.05) is 0 Å². The number of aromatic nitrogens is 3. The van der Waals surface area contributed by atoms with E-state index in [4.69, 9.17) is 4.74 Å². The van der Waals surface area contributed by atoms with Gasteiger partial charge in [-0.2, -0.15) is 10.1 Å². The van der Waals surface area contributed by atoms with Crippen molar-refractivity contribution in [2.45, 2.75) is 32.2 Å². The summed E-state index contributed by atoms with van der Waals surface area (Å²) in [7, 11) is 2.02. The predicted molar refractivity (Wildman–Crippen MR) is 62.5 cm³/mol. The number of hydrogen-bond acceptors (Lipinski definition) is 3. The Morgan fingerprint density at radius 1 is 1.44 bits per heavy atom. The predicted octanol–water partition coefficient (Wildman–Crippen LogP) is 1.04. The average Bonchev–Trinajstić information content (AvgIpc) is 2.67. The molecule has 4 nitrogen and oxygen atoms in total. The van der Waals surface area contributed by atoms with Gasteiger partial charge in [0.05, 0.1) is 0 Å². The second kappa shape index (κ2) is 3.81. The monoisotopic (exact) mass is 214 g/mol. The van der Waals surface area contributed by atoms with Crippen molar-refractivity contribution in [1.29, 1.82) is 0 Å². The zero-order chi connectivity index (χ0) is 11.0. The minimum Gasteiger partial charge on any atom is -0.473 e. The van der Waals surface area contributed by atoms with Crippen LogP contribution in [0.5, 0.6) is 5.88 Å². The average molecular weight is 214 g/mol. The Morgan fingerprint density at radius 2 is 2.31 bits per heavy atom. The highest BCUT2D eigenvalue weighted by molar-refractivity contribution is 6.51. The quantitative estimate of drug-likeness (QED) is 0.716. The number of fused-ring (bicyclic) bond motifs is 1. The van der Waals surface area contributed by atoms with Crippen LogP contribution in [0.4, 0.5) is 0 Å². The molecule has 2 aromatic rings. The van der Waals surface area contributed by atoms with Crippen molar-refractivity contribution in [3.63, 3.8) is 0 Å². The second-order valence-corrected chi connectivity index (χ2v) is 4.08. The van der Waals surface area contributed by atoms with E-state index in [1.807, 2.05) is 30.8 Å². The molecule has 0 unspecified atom stereocenters. The molecule has 0 aliphatic heterocycles. The van der Waals surface area contributed by atoms with Crippen LogP contribution in [-0.4, -0.2) is 28.0 Å². The van der Waals surface area contributed by atoms with Crippen LogP contribution in [0, 0.1) is 0 Å². The standard InChI is InChI=1S/C11H13BN3O/c1-12-10-6-5-9-11(13-7-14-15(9)10)16-8-3-2-4-8/h5-8H,2-4H2,1H3. The van der Waals surface area contributed by atoms with Gasteiger partial charge in [0.1, 0.15) is 17.9 Å². The molecule has 0 atom stereocenters. The van der Waals surface area contributed by atoms with E-state index < -0.39 is 0 Å². The molecule has 1 saturated carbocycles. The third kappa shape index (κ3) is 1.47. The molecular weight excluding hydrogens is 201 g/mol. The molecule has 1 aliphatic rings. The largest absolute Gasteiger partial charge is 0.473 e. The van der Waals surface area contributed by atoms with Crippen LogP contribution in [0.25, 0.3) is 5.52 Å². The van der Waals surface area contributed by atoms with E-state index in [0.29, 0.717) is 12.0 Å². The van der Waals surface area contributed by atoms with Gasteiger partial charge in [-0.1, -0.05) is 6.82 Å². The molecule has 0 N–H and O–H groups in total. The summed E-state index contributed by atoms with van der Waals surface area (Å²) in [4.78, 5) is 4.21. The number of rotatable bonds is 3. The summed E-state index contributed by atoms with van der Waals surface area (Å²) in [5.74, 6) is 0.702. The van der Waals surface area contributed by atoms with E-state index in [1.54, 1.807) is 6.33 Å². The maximum absolute atomic E-state index is 5.84. The van der Waals surface area contributed by atoms with E-state index in [0.717, 1.165) is 24.0 Å². The van der Waals surface area contributed by atoms with Gasteiger partial charge in [-0.15, -0.1) is 0 Å². The Balaban J connectivity index is 2.00. The summed E-state index contributed by atoms with van der Waals surface area (Å²) >= 11 is 0. The van der Waals surface area contributed by atoms with Gasteiger partial charge >= 0.3 is 0 Å². The first kappa shape index (κ1) is 9.69. The normalized spacial score (nSPS) is 16.1. The van der Waals surface area contributed by atoms with E-state index in [-0.39, 0.29) is 0 Å². The number of ether oxygens (including phenoxy) is 1. The van der Waals surface area contributed by atoms with Gasteiger partial charge in [-0.25, -0.2) is 4.52 Å². The molecule has 0 amide bonds. The zero-order valence-electron chi connectivity index (χ0n) is 9.26. The lowest BCUT2D eigenvalue weighted by Gasteiger charge is -2.25. The SMILES string of the molecule is C[B]c1ccc2c(OC3CCC3)ncnn12. The fourth-order valence-electron chi connectivity index (χ4n) is 1.89. The molecule has 1 radical (unpaired) electrons. The van der Waals surface area contributed by atoms with Crippen molar-refractivity contribution in [2.75, 3.05) is 0 Å². The second-order valence-electron chi connectivity index (χ2n) is 4.08. The Morgan fingerprint density at radius 3 is 3.00 bits per heavy atom. The molecule has 5 heteroatoms. The Bertz CT molecular complexity index is 507. The maximum atomic E-state index is 5.84. The topological polar surface area (TPSA) is 39.4 Å². The van der Waals surface area contributed by atoms with Crippen molar-refractivity contribution in [3.8, 4) is 5.88 Å². The third-order valence-electron chi connectivity index (χ3n) is 3.07. The summed E-state index contributed by atoms with van der Waals surface area (Å²) in [6.07, 6.45) is 5.45. The van der Waals surface area contributed by atoms with Gasteiger partial charge in [0.25, 0.3) is 0 Å². The van der Waals surface area contributed by atoms with Crippen molar-refractivity contribution in [3.05, 3.63) is 18.5 Å². The minimum absolute atomic E-state index is 0.350. The van der Waals surface area contributed by atoms with Gasteiger partial charge in [-0.3, -0.25) is 0 Å². The van der Waals surface area contributed by atoms with Crippen LogP contribution >= 0.6 is 0 Å². The number of nitrogens with zero attached hydrogens (tertiary/aromatic N) is 3. The molecule has 81 valence electrons. The van der Waals surface area contributed by atoms with Crippen LogP contribution in [0.15, 0.2) is 18.5 Å². The van der Waals surface area contributed by atoms with Crippen LogP contribution in [0.2, 0.25) is 6.82 Å². The summed E-state index contributed by atoms with van der Waals surface area (Å²) in [6.45, 7) is 2.00. The molecular formula is C11H13BN3O. The van der Waals surface area contributed by atoms with E-state index in [1.165, 1.54) is 6.42 Å². The third-order valence-corrected chi connectivity index (χ3v) is 3.07. The molecule has 1 fully saturated rings. The molecule has 0 spiro atoms. The summed E-state index contributed by atoms with van der Waals surface area (Å²) < 4.78 is 7.70. The van der Waals surface area contributed by atoms with Crippen LogP contribution in [0.1, 0.15) is 19.3 Å². The van der Waals surface area contributed by atoms with E-state index >= 15 is 0 Å². The lowest BCUT2D eigenvalue weighted by Crippen LogP contribution is -2.26. The molecule has 16 heavy (non-hydrogen) atoms. The molecule has 0 saturated heterocycles.